The van der Waals surface area contributed by atoms with Crippen LogP contribution in [0.4, 0.5) is 5.69 Å². The number of anilines is 1. The van der Waals surface area contributed by atoms with Crippen molar-refractivity contribution >= 4 is 46.5 Å². The van der Waals surface area contributed by atoms with Crippen molar-refractivity contribution in [1.82, 2.24) is 20.1 Å². The van der Waals surface area contributed by atoms with Gasteiger partial charge in [-0.05, 0) is 43.7 Å². The maximum Gasteiger partial charge on any atom is 0.243 e. The number of nitrogens with zero attached hydrogens (tertiary/aromatic N) is 4. The Morgan fingerprint density at radius 1 is 1.21 bits per heavy atom. The van der Waals surface area contributed by atoms with Crippen molar-refractivity contribution in [3.8, 4) is 0 Å². The Bertz CT molecular complexity index is 1350. The summed E-state index contributed by atoms with van der Waals surface area (Å²) < 4.78 is 0. The average Bonchev–Trinajstić information content (AvgIpc) is 3.74. The van der Waals surface area contributed by atoms with Crippen LogP contribution < -0.4 is 27.8 Å². The zero-order valence-electron chi connectivity index (χ0n) is 23.3. The second kappa shape index (κ2) is 12.9. The van der Waals surface area contributed by atoms with E-state index in [1.54, 1.807) is 10.3 Å². The molecule has 0 bridgehead atoms. The van der Waals surface area contributed by atoms with Crippen LogP contribution in [0.25, 0.3) is 0 Å². The zero-order valence-corrected chi connectivity index (χ0v) is 24.1. The standard InChI is InChI=1S/C28H37N9O4S/c29-19(12-16-13-34-20-5-2-1-4-18(16)20)27(41)36-14-17-7-8-22(37(17)23(38)15-36)25(40)35-21(6-3-9-33-28(30)31)24(39)26-32-10-11-42-26/h1-2,4-5,10-11,16-17,19,21-22,34H,3,6-9,12-15,29H2,(H,35,40)(H4,30,31,33)/t16?,17-,19-,21?,22?/m0/s1. The zero-order chi connectivity index (χ0) is 29.8. The smallest absolute Gasteiger partial charge is 0.243 e. The summed E-state index contributed by atoms with van der Waals surface area (Å²) in [5, 5.41) is 8.20. The molecule has 1 aromatic heterocycles. The highest BCUT2D eigenvalue weighted by atomic mass is 32.1. The summed E-state index contributed by atoms with van der Waals surface area (Å²) in [6.07, 6.45) is 3.80. The SMILES string of the molecule is NC(N)=NCCCC(NC(=O)C1CC[C@H]2CN(C(=O)[C@@H](N)CC3CNc4ccccc43)CC(=O)N12)C(=O)c1nccs1. The van der Waals surface area contributed by atoms with Crippen molar-refractivity contribution in [2.45, 2.75) is 62.2 Å². The highest BCUT2D eigenvalue weighted by Gasteiger charge is 2.46. The Hall–Kier alpha value is -4.04. The number of piperazine rings is 1. The van der Waals surface area contributed by atoms with E-state index in [-0.39, 0.29) is 42.1 Å². The summed E-state index contributed by atoms with van der Waals surface area (Å²) in [6, 6.07) is 5.41. The topological polar surface area (TPSA) is 202 Å². The van der Waals surface area contributed by atoms with Gasteiger partial charge in [-0.2, -0.15) is 0 Å². The Labute approximate surface area is 247 Å². The molecule has 5 atom stereocenters. The molecule has 0 spiro atoms. The van der Waals surface area contributed by atoms with Gasteiger partial charge in [0.1, 0.15) is 6.04 Å². The first kappa shape index (κ1) is 29.5. The van der Waals surface area contributed by atoms with E-state index in [1.807, 2.05) is 24.3 Å². The number of guanidine groups is 1. The molecule has 42 heavy (non-hydrogen) atoms. The largest absolute Gasteiger partial charge is 0.384 e. The third kappa shape index (κ3) is 6.39. The number of nitrogens with one attached hydrogen (secondary N) is 2. The van der Waals surface area contributed by atoms with Gasteiger partial charge in [0.25, 0.3) is 0 Å². The van der Waals surface area contributed by atoms with Gasteiger partial charge >= 0.3 is 0 Å². The molecule has 0 radical (unpaired) electrons. The van der Waals surface area contributed by atoms with Gasteiger partial charge in [0, 0.05) is 42.8 Å². The lowest BCUT2D eigenvalue weighted by atomic mass is 9.93. The number of nitrogens with two attached hydrogens (primary N) is 3. The molecule has 224 valence electrons. The molecule has 14 heteroatoms. The van der Waals surface area contributed by atoms with Crippen molar-refractivity contribution in [2.75, 3.05) is 31.5 Å². The van der Waals surface area contributed by atoms with Crippen LogP contribution >= 0.6 is 11.3 Å². The van der Waals surface area contributed by atoms with Gasteiger partial charge in [-0.15, -0.1) is 11.3 Å². The number of aliphatic imine (C=N–C) groups is 1. The first-order valence-corrected chi connectivity index (χ1v) is 15.1. The molecule has 3 aliphatic rings. The lowest BCUT2D eigenvalue weighted by Crippen LogP contribution is -2.62. The predicted octanol–water partition coefficient (Wildman–Crippen LogP) is -0.00730. The number of rotatable bonds is 11. The fraction of sp³-hybridized carbons (Fsp3) is 0.500. The summed E-state index contributed by atoms with van der Waals surface area (Å²) >= 11 is 1.20. The van der Waals surface area contributed by atoms with E-state index >= 15 is 0 Å². The molecule has 2 aromatic rings. The van der Waals surface area contributed by atoms with E-state index in [2.05, 4.69) is 20.6 Å². The van der Waals surface area contributed by atoms with Gasteiger partial charge in [0.05, 0.1) is 24.7 Å². The molecular formula is C28H37N9O4S. The molecule has 5 rings (SSSR count). The molecule has 3 aliphatic heterocycles. The van der Waals surface area contributed by atoms with E-state index in [0.717, 1.165) is 11.3 Å². The number of Topliss-reactive ketones (excluding diaryl/α,β-unsaturated/α-hetero) is 1. The number of thiazole rings is 1. The number of carbonyl (C=O) groups is 4. The second-order valence-corrected chi connectivity index (χ2v) is 11.9. The molecule has 2 saturated heterocycles. The number of fused-ring (bicyclic) bond motifs is 2. The molecule has 3 unspecified atom stereocenters. The van der Waals surface area contributed by atoms with Gasteiger partial charge in [-0.25, -0.2) is 4.98 Å². The molecule has 2 fully saturated rings. The number of hydrogen-bond donors (Lipinski definition) is 5. The summed E-state index contributed by atoms with van der Waals surface area (Å²) in [4.78, 5) is 64.3. The molecule has 3 amide bonds. The van der Waals surface area contributed by atoms with Crippen molar-refractivity contribution in [3.05, 3.63) is 46.4 Å². The van der Waals surface area contributed by atoms with Crippen LogP contribution in [0.3, 0.4) is 0 Å². The van der Waals surface area contributed by atoms with Gasteiger partial charge < -0.3 is 37.6 Å². The number of benzene rings is 1. The fourth-order valence-electron chi connectivity index (χ4n) is 6.17. The van der Waals surface area contributed by atoms with E-state index < -0.39 is 24.0 Å². The minimum absolute atomic E-state index is 0.0446. The van der Waals surface area contributed by atoms with Crippen molar-refractivity contribution in [2.24, 2.45) is 22.2 Å². The van der Waals surface area contributed by atoms with Gasteiger partial charge in [0.15, 0.2) is 11.0 Å². The van der Waals surface area contributed by atoms with Crippen LogP contribution in [-0.2, 0) is 14.4 Å². The van der Waals surface area contributed by atoms with E-state index in [1.165, 1.54) is 22.4 Å². The first-order chi connectivity index (χ1) is 20.2. The third-order valence-electron chi connectivity index (χ3n) is 8.18. The number of hydrogen-bond acceptors (Lipinski definition) is 9. The Morgan fingerprint density at radius 3 is 2.79 bits per heavy atom. The summed E-state index contributed by atoms with van der Waals surface area (Å²) in [5.41, 5.74) is 19.4. The molecular weight excluding hydrogens is 558 g/mol. The predicted molar refractivity (Wildman–Crippen MR) is 159 cm³/mol. The van der Waals surface area contributed by atoms with Crippen LogP contribution in [0.5, 0.6) is 0 Å². The Kier molecular flexibility index (Phi) is 9.02. The normalized spacial score (nSPS) is 22.5. The van der Waals surface area contributed by atoms with Crippen molar-refractivity contribution in [1.29, 1.82) is 0 Å². The van der Waals surface area contributed by atoms with Crippen LogP contribution in [0.15, 0.2) is 40.8 Å². The van der Waals surface area contributed by atoms with Gasteiger partial charge in [0.2, 0.25) is 23.5 Å². The fourth-order valence-corrected chi connectivity index (χ4v) is 6.80. The van der Waals surface area contributed by atoms with Crippen molar-refractivity contribution < 1.29 is 19.2 Å². The highest BCUT2D eigenvalue weighted by Crippen LogP contribution is 2.34. The molecule has 0 saturated carbocycles. The lowest BCUT2D eigenvalue weighted by molar-refractivity contribution is -0.151. The van der Waals surface area contributed by atoms with Gasteiger partial charge in [-0.3, -0.25) is 24.2 Å². The molecule has 1 aromatic carbocycles. The maximum atomic E-state index is 13.4. The first-order valence-electron chi connectivity index (χ1n) is 14.2. The quantitative estimate of drug-likeness (QED) is 0.102. The van der Waals surface area contributed by atoms with Gasteiger partial charge in [-0.1, -0.05) is 18.2 Å². The number of amides is 3. The van der Waals surface area contributed by atoms with Crippen LogP contribution in [0.2, 0.25) is 0 Å². The Morgan fingerprint density at radius 2 is 2.02 bits per heavy atom. The molecule has 4 heterocycles. The second-order valence-electron chi connectivity index (χ2n) is 11.0. The maximum absolute atomic E-state index is 13.4. The third-order valence-corrected chi connectivity index (χ3v) is 8.97. The van der Waals surface area contributed by atoms with Crippen molar-refractivity contribution in [3.63, 3.8) is 0 Å². The molecule has 8 N–H and O–H groups in total. The van der Waals surface area contributed by atoms with Crippen LogP contribution in [0, 0.1) is 0 Å². The molecule has 0 aliphatic carbocycles. The average molecular weight is 596 g/mol. The van der Waals surface area contributed by atoms with Crippen LogP contribution in [-0.4, -0.2) is 94.6 Å². The van der Waals surface area contributed by atoms with Crippen LogP contribution in [0.1, 0.15) is 53.4 Å². The number of para-hydroxylation sites is 1. The van der Waals surface area contributed by atoms with E-state index in [9.17, 15) is 19.2 Å². The summed E-state index contributed by atoms with van der Waals surface area (Å²) in [6.45, 7) is 1.21. The highest BCUT2D eigenvalue weighted by molar-refractivity contribution is 7.11. The van der Waals surface area contributed by atoms with E-state index in [4.69, 9.17) is 17.2 Å². The molecule has 13 nitrogen and oxygen atoms in total. The summed E-state index contributed by atoms with van der Waals surface area (Å²) in [5.74, 6) is -1.17. The summed E-state index contributed by atoms with van der Waals surface area (Å²) in [7, 11) is 0. The minimum Gasteiger partial charge on any atom is -0.384 e. The number of ketones is 1. The Balaban J connectivity index is 1.19. The van der Waals surface area contributed by atoms with E-state index in [0.29, 0.717) is 56.7 Å². The number of aromatic nitrogens is 1. The number of carbonyl (C=O) groups excluding carboxylic acids is 4. The monoisotopic (exact) mass is 595 g/mol. The minimum atomic E-state index is -0.830. The lowest BCUT2D eigenvalue weighted by Gasteiger charge is -2.40.